The van der Waals surface area contributed by atoms with Crippen molar-refractivity contribution >= 4 is 0 Å². The summed E-state index contributed by atoms with van der Waals surface area (Å²) in [5.41, 5.74) is 0. The minimum Gasteiger partial charge on any atom is -0.311 e. The number of rotatable bonds is 0. The van der Waals surface area contributed by atoms with E-state index in [2.05, 4.69) is 19.2 Å². The van der Waals surface area contributed by atoms with Gasteiger partial charge >= 0.3 is 0 Å². The maximum absolute atomic E-state index is 3.63. The largest absolute Gasteiger partial charge is 0.311 e. The molecule has 0 saturated carbocycles. The summed E-state index contributed by atoms with van der Waals surface area (Å²) in [6, 6.07) is 1.73. The van der Waals surface area contributed by atoms with Crippen LogP contribution >= 0.6 is 0 Å². The highest BCUT2D eigenvalue weighted by Crippen LogP contribution is 2.36. The predicted octanol–water partition coefficient (Wildman–Crippen LogP) is 1.39. The summed E-state index contributed by atoms with van der Waals surface area (Å²) >= 11 is 0. The van der Waals surface area contributed by atoms with E-state index in [9.17, 15) is 0 Å². The fourth-order valence-electron chi connectivity index (χ4n) is 2.33. The average molecular weight is 125 g/mol. The van der Waals surface area contributed by atoms with Crippen molar-refractivity contribution in [3.8, 4) is 0 Å². The quantitative estimate of drug-likeness (QED) is 0.516. The second-order valence-corrected chi connectivity index (χ2v) is 3.81. The fraction of sp³-hybridized carbons (Fsp3) is 1.00. The fourth-order valence-corrected chi connectivity index (χ4v) is 2.33. The molecule has 0 radical (unpaired) electrons. The second-order valence-electron chi connectivity index (χ2n) is 3.81. The molecule has 1 nitrogen and oxygen atoms in total. The zero-order chi connectivity index (χ0) is 6.43. The first-order chi connectivity index (χ1) is 4.27. The van der Waals surface area contributed by atoms with Gasteiger partial charge in [0.25, 0.3) is 0 Å². The normalized spacial score (nSPS) is 56.7. The van der Waals surface area contributed by atoms with Gasteiger partial charge in [0.15, 0.2) is 0 Å². The standard InChI is InChI=1S/C8H15N/c1-5-3-8-6(2)4-7(5)9-8/h5-9H,3-4H2,1-2H3. The van der Waals surface area contributed by atoms with Gasteiger partial charge in [-0.05, 0) is 24.7 Å². The molecule has 52 valence electrons. The second kappa shape index (κ2) is 1.72. The number of nitrogens with one attached hydrogen (secondary N) is 1. The van der Waals surface area contributed by atoms with Gasteiger partial charge in [-0.25, -0.2) is 0 Å². The van der Waals surface area contributed by atoms with Crippen LogP contribution in [-0.4, -0.2) is 12.1 Å². The summed E-state index contributed by atoms with van der Waals surface area (Å²) in [5.74, 6) is 1.90. The molecule has 0 aromatic heterocycles. The first-order valence-corrected chi connectivity index (χ1v) is 4.03. The first-order valence-electron chi connectivity index (χ1n) is 4.03. The van der Waals surface area contributed by atoms with E-state index in [1.54, 1.807) is 0 Å². The Morgan fingerprint density at radius 3 is 1.67 bits per heavy atom. The molecule has 4 atom stereocenters. The lowest BCUT2D eigenvalue weighted by Gasteiger charge is -2.19. The summed E-state index contributed by atoms with van der Waals surface area (Å²) in [6.45, 7) is 4.73. The van der Waals surface area contributed by atoms with E-state index in [1.807, 2.05) is 0 Å². The Balaban J connectivity index is 2.10. The molecule has 0 aromatic rings. The van der Waals surface area contributed by atoms with E-state index >= 15 is 0 Å². The van der Waals surface area contributed by atoms with Gasteiger partial charge in [-0.3, -0.25) is 0 Å². The van der Waals surface area contributed by atoms with Gasteiger partial charge in [-0.2, -0.15) is 0 Å². The Kier molecular flexibility index (Phi) is 1.10. The summed E-state index contributed by atoms with van der Waals surface area (Å²) in [7, 11) is 0. The van der Waals surface area contributed by atoms with E-state index in [4.69, 9.17) is 0 Å². The van der Waals surface area contributed by atoms with Gasteiger partial charge in [0, 0.05) is 12.1 Å². The lowest BCUT2D eigenvalue weighted by molar-refractivity contribution is 0.365. The van der Waals surface area contributed by atoms with E-state index in [1.165, 1.54) is 12.8 Å². The first kappa shape index (κ1) is 5.72. The number of hydrogen-bond acceptors (Lipinski definition) is 1. The van der Waals surface area contributed by atoms with Crippen LogP contribution < -0.4 is 5.32 Å². The van der Waals surface area contributed by atoms with Crippen LogP contribution in [0, 0.1) is 11.8 Å². The molecule has 0 amide bonds. The molecule has 2 aliphatic rings. The zero-order valence-electron chi connectivity index (χ0n) is 6.22. The summed E-state index contributed by atoms with van der Waals surface area (Å²) in [4.78, 5) is 0. The van der Waals surface area contributed by atoms with Crippen molar-refractivity contribution < 1.29 is 0 Å². The molecule has 1 N–H and O–H groups in total. The minimum absolute atomic E-state index is 0.866. The van der Waals surface area contributed by atoms with Crippen molar-refractivity contribution in [1.29, 1.82) is 0 Å². The third-order valence-corrected chi connectivity index (χ3v) is 3.05. The lowest BCUT2D eigenvalue weighted by atomic mass is 9.84. The predicted molar refractivity (Wildman–Crippen MR) is 38.3 cm³/mol. The van der Waals surface area contributed by atoms with E-state index < -0.39 is 0 Å². The molecule has 0 aliphatic carbocycles. The molecule has 9 heavy (non-hydrogen) atoms. The topological polar surface area (TPSA) is 12.0 Å². The molecule has 2 rings (SSSR count). The highest BCUT2D eigenvalue weighted by Gasteiger charge is 2.40. The molecule has 2 heterocycles. The Bertz CT molecular complexity index is 104. The molecule has 2 saturated heterocycles. The van der Waals surface area contributed by atoms with Crippen LogP contribution in [-0.2, 0) is 0 Å². The van der Waals surface area contributed by atoms with Crippen molar-refractivity contribution in [2.75, 3.05) is 0 Å². The van der Waals surface area contributed by atoms with Crippen LogP contribution in [0.1, 0.15) is 26.7 Å². The molecule has 2 aliphatic heterocycles. The molecule has 2 bridgehead atoms. The van der Waals surface area contributed by atoms with Gasteiger partial charge in [-0.1, -0.05) is 13.8 Å². The van der Waals surface area contributed by atoms with Crippen LogP contribution in [0.5, 0.6) is 0 Å². The Labute approximate surface area is 56.8 Å². The average Bonchev–Trinajstić information content (AvgIpc) is 2.24. The minimum atomic E-state index is 0.866. The monoisotopic (exact) mass is 125 g/mol. The van der Waals surface area contributed by atoms with Crippen molar-refractivity contribution in [3.05, 3.63) is 0 Å². The Hall–Kier alpha value is -0.0400. The van der Waals surface area contributed by atoms with Gasteiger partial charge in [0.05, 0.1) is 0 Å². The third-order valence-electron chi connectivity index (χ3n) is 3.05. The summed E-state index contributed by atoms with van der Waals surface area (Å²) < 4.78 is 0. The molecule has 0 spiro atoms. The maximum Gasteiger partial charge on any atom is 0.00990 e. The maximum atomic E-state index is 3.63. The number of fused-ring (bicyclic) bond motifs is 2. The molecule has 4 unspecified atom stereocenters. The van der Waals surface area contributed by atoms with Crippen molar-refractivity contribution in [3.63, 3.8) is 0 Å². The Morgan fingerprint density at radius 1 is 1.00 bits per heavy atom. The van der Waals surface area contributed by atoms with E-state index in [0.29, 0.717) is 0 Å². The number of hydrogen-bond donors (Lipinski definition) is 1. The van der Waals surface area contributed by atoms with Gasteiger partial charge in [0.1, 0.15) is 0 Å². The molecule has 0 aromatic carbocycles. The van der Waals surface area contributed by atoms with E-state index in [0.717, 1.165) is 23.9 Å². The highest BCUT2D eigenvalue weighted by molar-refractivity contribution is 4.98. The van der Waals surface area contributed by atoms with Crippen LogP contribution in [0.4, 0.5) is 0 Å². The van der Waals surface area contributed by atoms with Gasteiger partial charge < -0.3 is 5.32 Å². The summed E-state index contributed by atoms with van der Waals surface area (Å²) in [5, 5.41) is 3.63. The molecule has 1 heteroatoms. The van der Waals surface area contributed by atoms with Crippen LogP contribution in [0.15, 0.2) is 0 Å². The lowest BCUT2D eigenvalue weighted by Crippen LogP contribution is -2.21. The molecular formula is C8H15N. The highest BCUT2D eigenvalue weighted by atomic mass is 15.0. The van der Waals surface area contributed by atoms with Crippen LogP contribution in [0.2, 0.25) is 0 Å². The third kappa shape index (κ3) is 0.710. The summed E-state index contributed by atoms with van der Waals surface area (Å²) in [6.07, 6.45) is 2.84. The van der Waals surface area contributed by atoms with Crippen molar-refractivity contribution in [1.82, 2.24) is 5.32 Å². The molecular weight excluding hydrogens is 110 g/mol. The van der Waals surface area contributed by atoms with Crippen molar-refractivity contribution in [2.24, 2.45) is 11.8 Å². The Morgan fingerprint density at radius 2 is 1.44 bits per heavy atom. The smallest absolute Gasteiger partial charge is 0.00990 e. The van der Waals surface area contributed by atoms with Gasteiger partial charge in [0.2, 0.25) is 0 Å². The van der Waals surface area contributed by atoms with Crippen LogP contribution in [0.25, 0.3) is 0 Å². The van der Waals surface area contributed by atoms with Gasteiger partial charge in [-0.15, -0.1) is 0 Å². The van der Waals surface area contributed by atoms with E-state index in [-0.39, 0.29) is 0 Å². The van der Waals surface area contributed by atoms with Crippen molar-refractivity contribution in [2.45, 2.75) is 38.8 Å². The SMILES string of the molecule is CC1CC2NC1CC2C. The zero-order valence-corrected chi connectivity index (χ0v) is 6.22. The molecule has 2 fully saturated rings. The van der Waals surface area contributed by atoms with Crippen LogP contribution in [0.3, 0.4) is 0 Å².